The fourth-order valence-electron chi connectivity index (χ4n) is 2.72. The van der Waals surface area contributed by atoms with E-state index in [4.69, 9.17) is 11.6 Å². The van der Waals surface area contributed by atoms with Gasteiger partial charge in [-0.3, -0.25) is 9.36 Å². The summed E-state index contributed by atoms with van der Waals surface area (Å²) in [6.07, 6.45) is 0. The van der Waals surface area contributed by atoms with Crippen molar-refractivity contribution >= 4 is 29.3 Å². The molecule has 0 bridgehead atoms. The van der Waals surface area contributed by atoms with Crippen LogP contribution in [0.25, 0.3) is 5.69 Å². The fourth-order valence-corrected chi connectivity index (χ4v) is 3.77. The van der Waals surface area contributed by atoms with Crippen LogP contribution in [0, 0.1) is 6.92 Å². The predicted molar refractivity (Wildman–Crippen MR) is 98.9 cm³/mol. The molecular weight excluding hydrogens is 344 g/mol. The predicted octanol–water partition coefficient (Wildman–Crippen LogP) is 3.97. The summed E-state index contributed by atoms with van der Waals surface area (Å²) in [6, 6.07) is 7.86. The van der Waals surface area contributed by atoms with Gasteiger partial charge in [0, 0.05) is 17.1 Å². The molecule has 0 unspecified atom stereocenters. The lowest BCUT2D eigenvalue weighted by atomic mass is 10.2. The van der Waals surface area contributed by atoms with Crippen molar-refractivity contribution in [3.05, 3.63) is 35.1 Å². The Kier molecular flexibility index (Phi) is 6.29. The lowest BCUT2D eigenvalue weighted by Crippen LogP contribution is -2.43. The Morgan fingerprint density at radius 2 is 1.92 bits per heavy atom. The van der Waals surface area contributed by atoms with Gasteiger partial charge in [-0.15, -0.1) is 10.2 Å². The average molecular weight is 367 g/mol. The fraction of sp³-hybridized carbons (Fsp3) is 0.471. The molecule has 0 saturated carbocycles. The zero-order chi connectivity index (χ0) is 17.9. The average Bonchev–Trinajstić information content (AvgIpc) is 2.85. The number of benzene rings is 1. The molecule has 5 nitrogen and oxygen atoms in total. The minimum absolute atomic E-state index is 0.100. The normalized spacial score (nSPS) is 11.3. The van der Waals surface area contributed by atoms with Crippen LogP contribution in [0.5, 0.6) is 0 Å². The summed E-state index contributed by atoms with van der Waals surface area (Å²) in [4.78, 5) is 14.4. The number of aryl methyl sites for hydroxylation is 1. The number of amides is 1. The molecule has 130 valence electrons. The summed E-state index contributed by atoms with van der Waals surface area (Å²) in [6.45, 7) is 10.00. The lowest BCUT2D eigenvalue weighted by Gasteiger charge is -2.30. The van der Waals surface area contributed by atoms with Gasteiger partial charge in [0.05, 0.1) is 11.4 Å². The maximum Gasteiger partial charge on any atom is 0.233 e. The Bertz CT molecular complexity index is 706. The van der Waals surface area contributed by atoms with Crippen molar-refractivity contribution < 1.29 is 4.79 Å². The number of carbonyl (C=O) groups excluding carboxylic acids is 1. The third-order valence-electron chi connectivity index (χ3n) is 3.59. The number of thioether (sulfide) groups is 1. The van der Waals surface area contributed by atoms with Crippen molar-refractivity contribution in [2.75, 3.05) is 5.75 Å². The quantitative estimate of drug-likeness (QED) is 0.726. The monoisotopic (exact) mass is 366 g/mol. The SMILES string of the molecule is Cc1nnc(SCC(=O)N(C(C)C)C(C)C)n1-c1cccc(Cl)c1. The van der Waals surface area contributed by atoms with Gasteiger partial charge in [-0.2, -0.15) is 0 Å². The van der Waals surface area contributed by atoms with E-state index in [1.54, 1.807) is 0 Å². The highest BCUT2D eigenvalue weighted by atomic mass is 35.5. The lowest BCUT2D eigenvalue weighted by molar-refractivity contribution is -0.131. The van der Waals surface area contributed by atoms with Crippen LogP contribution < -0.4 is 0 Å². The smallest absolute Gasteiger partial charge is 0.233 e. The molecule has 1 amide bonds. The number of halogens is 1. The first kappa shape index (κ1) is 18.8. The Hall–Kier alpha value is -1.53. The molecule has 2 rings (SSSR count). The maximum atomic E-state index is 12.5. The first-order valence-electron chi connectivity index (χ1n) is 7.93. The molecule has 1 aromatic heterocycles. The van der Waals surface area contributed by atoms with E-state index in [9.17, 15) is 4.79 Å². The van der Waals surface area contributed by atoms with Crippen LogP contribution in [0.1, 0.15) is 33.5 Å². The van der Waals surface area contributed by atoms with Gasteiger partial charge in [-0.05, 0) is 52.8 Å². The van der Waals surface area contributed by atoms with Crippen LogP contribution in [0.3, 0.4) is 0 Å². The van der Waals surface area contributed by atoms with Crippen molar-refractivity contribution in [1.82, 2.24) is 19.7 Å². The summed E-state index contributed by atoms with van der Waals surface area (Å²) in [5, 5.41) is 9.69. The maximum absolute atomic E-state index is 12.5. The second-order valence-corrected chi connectivity index (χ2v) is 7.50. The van der Waals surface area contributed by atoms with E-state index >= 15 is 0 Å². The minimum Gasteiger partial charge on any atom is -0.337 e. The van der Waals surface area contributed by atoms with Crippen molar-refractivity contribution in [2.24, 2.45) is 0 Å². The summed E-state index contributed by atoms with van der Waals surface area (Å²) in [5.41, 5.74) is 0.893. The van der Waals surface area contributed by atoms with Gasteiger partial charge >= 0.3 is 0 Å². The molecular formula is C17H23ClN4OS. The van der Waals surface area contributed by atoms with E-state index in [1.165, 1.54) is 11.8 Å². The Balaban J connectivity index is 2.19. The molecule has 0 radical (unpaired) electrons. The molecule has 0 aliphatic rings. The Labute approximate surface area is 152 Å². The second kappa shape index (κ2) is 8.03. The molecule has 0 spiro atoms. The van der Waals surface area contributed by atoms with Gasteiger partial charge in [0.25, 0.3) is 0 Å². The summed E-state index contributed by atoms with van der Waals surface area (Å²) >= 11 is 7.48. The highest BCUT2D eigenvalue weighted by molar-refractivity contribution is 7.99. The van der Waals surface area contributed by atoms with Crippen LogP contribution in [0.2, 0.25) is 5.02 Å². The number of rotatable bonds is 6. The summed E-state index contributed by atoms with van der Waals surface area (Å²) in [5.74, 6) is 1.19. The topological polar surface area (TPSA) is 51.0 Å². The first-order chi connectivity index (χ1) is 11.3. The molecule has 1 aromatic carbocycles. The first-order valence-corrected chi connectivity index (χ1v) is 9.29. The zero-order valence-electron chi connectivity index (χ0n) is 14.7. The number of hydrogen-bond donors (Lipinski definition) is 0. The van der Waals surface area contributed by atoms with Gasteiger partial charge in [0.15, 0.2) is 5.16 Å². The molecule has 0 atom stereocenters. The molecule has 7 heteroatoms. The van der Waals surface area contributed by atoms with E-state index < -0.39 is 0 Å². The van der Waals surface area contributed by atoms with E-state index in [2.05, 4.69) is 10.2 Å². The van der Waals surface area contributed by atoms with E-state index in [1.807, 2.05) is 68.4 Å². The standard InChI is InChI=1S/C17H23ClN4OS/c1-11(2)21(12(3)4)16(23)10-24-17-20-19-13(5)22(17)15-8-6-7-14(18)9-15/h6-9,11-12H,10H2,1-5H3. The van der Waals surface area contributed by atoms with E-state index in [0.717, 1.165) is 11.5 Å². The molecule has 0 saturated heterocycles. The molecule has 1 heterocycles. The van der Waals surface area contributed by atoms with Crippen molar-refractivity contribution in [3.8, 4) is 5.69 Å². The van der Waals surface area contributed by atoms with Crippen LogP contribution in [0.4, 0.5) is 0 Å². The third-order valence-corrected chi connectivity index (χ3v) is 4.74. The number of nitrogens with zero attached hydrogens (tertiary/aromatic N) is 4. The molecule has 0 aliphatic carbocycles. The molecule has 0 N–H and O–H groups in total. The van der Waals surface area contributed by atoms with Crippen LogP contribution >= 0.6 is 23.4 Å². The van der Waals surface area contributed by atoms with Crippen molar-refractivity contribution in [2.45, 2.75) is 51.9 Å². The summed E-state index contributed by atoms with van der Waals surface area (Å²) in [7, 11) is 0. The molecule has 0 aliphatic heterocycles. The third kappa shape index (κ3) is 4.30. The largest absolute Gasteiger partial charge is 0.337 e. The zero-order valence-corrected chi connectivity index (χ0v) is 16.2. The molecule has 24 heavy (non-hydrogen) atoms. The minimum atomic E-state index is 0.100. The number of aromatic nitrogens is 3. The molecule has 0 fully saturated rings. The highest BCUT2D eigenvalue weighted by Crippen LogP contribution is 2.24. The van der Waals surface area contributed by atoms with Crippen molar-refractivity contribution in [3.63, 3.8) is 0 Å². The Morgan fingerprint density at radius 3 is 2.50 bits per heavy atom. The van der Waals surface area contributed by atoms with Gasteiger partial charge in [-0.25, -0.2) is 0 Å². The van der Waals surface area contributed by atoms with Gasteiger partial charge in [0.2, 0.25) is 5.91 Å². The van der Waals surface area contributed by atoms with Crippen LogP contribution in [-0.4, -0.2) is 43.4 Å². The van der Waals surface area contributed by atoms with Crippen LogP contribution in [0.15, 0.2) is 29.4 Å². The highest BCUT2D eigenvalue weighted by Gasteiger charge is 2.21. The van der Waals surface area contributed by atoms with Gasteiger partial charge in [-0.1, -0.05) is 29.4 Å². The van der Waals surface area contributed by atoms with Gasteiger partial charge in [0.1, 0.15) is 5.82 Å². The number of hydrogen-bond acceptors (Lipinski definition) is 4. The van der Waals surface area contributed by atoms with E-state index in [-0.39, 0.29) is 18.0 Å². The summed E-state index contributed by atoms with van der Waals surface area (Å²) < 4.78 is 1.92. The molecule has 2 aromatic rings. The Morgan fingerprint density at radius 1 is 1.25 bits per heavy atom. The second-order valence-electron chi connectivity index (χ2n) is 6.12. The van der Waals surface area contributed by atoms with Gasteiger partial charge < -0.3 is 4.90 Å². The van der Waals surface area contributed by atoms with Crippen LogP contribution in [-0.2, 0) is 4.79 Å². The van der Waals surface area contributed by atoms with E-state index in [0.29, 0.717) is 15.9 Å². The number of carbonyl (C=O) groups is 1. The van der Waals surface area contributed by atoms with Crippen molar-refractivity contribution in [1.29, 1.82) is 0 Å².